The Morgan fingerprint density at radius 2 is 1.96 bits per heavy atom. The Balaban J connectivity index is 2.07. The van der Waals surface area contributed by atoms with Gasteiger partial charge in [0.05, 0.1) is 11.3 Å². The number of pyridine rings is 1. The molecule has 9 heteroatoms. The molecule has 1 aromatic heterocycles. The van der Waals surface area contributed by atoms with Crippen LogP contribution >= 0.6 is 23.2 Å². The van der Waals surface area contributed by atoms with E-state index in [1.54, 1.807) is 24.3 Å². The van der Waals surface area contributed by atoms with Gasteiger partial charge in [-0.15, -0.1) is 0 Å². The van der Waals surface area contributed by atoms with Crippen LogP contribution in [0.4, 0.5) is 5.69 Å². The van der Waals surface area contributed by atoms with E-state index in [4.69, 9.17) is 23.2 Å². The molecule has 2 rings (SSSR count). The van der Waals surface area contributed by atoms with Crippen LogP contribution in [0.2, 0.25) is 10.2 Å². The van der Waals surface area contributed by atoms with Gasteiger partial charge in [0.1, 0.15) is 10.8 Å². The van der Waals surface area contributed by atoms with Gasteiger partial charge in [-0.25, -0.2) is 13.4 Å². The first kappa shape index (κ1) is 17.5. The molecule has 0 aliphatic carbocycles. The molecule has 0 aliphatic rings. The number of nitrogens with one attached hydrogen (secondary N) is 2. The number of carbonyl (C=O) groups is 1. The molecule has 1 aromatic carbocycles. The molecule has 0 atom stereocenters. The lowest BCUT2D eigenvalue weighted by Gasteiger charge is -2.09. The van der Waals surface area contributed by atoms with Crippen molar-refractivity contribution in [3.8, 4) is 0 Å². The average molecular weight is 374 g/mol. The quantitative estimate of drug-likeness (QED) is 0.788. The number of rotatable bonds is 5. The number of nitrogens with zero attached hydrogens (tertiary/aromatic N) is 1. The highest BCUT2D eigenvalue weighted by molar-refractivity contribution is 7.92. The summed E-state index contributed by atoms with van der Waals surface area (Å²) in [6.45, 7) is 0.183. The van der Waals surface area contributed by atoms with Crippen LogP contribution in [-0.2, 0) is 16.6 Å². The van der Waals surface area contributed by atoms with Crippen molar-refractivity contribution < 1.29 is 13.2 Å². The summed E-state index contributed by atoms with van der Waals surface area (Å²) in [5.41, 5.74) is 1.16. The summed E-state index contributed by atoms with van der Waals surface area (Å²) in [6.07, 6.45) is 1.06. The minimum Gasteiger partial charge on any atom is -0.347 e. The highest BCUT2D eigenvalue weighted by Gasteiger charge is 2.12. The van der Waals surface area contributed by atoms with Gasteiger partial charge >= 0.3 is 0 Å². The summed E-state index contributed by atoms with van der Waals surface area (Å²) in [5.74, 6) is -0.473. The van der Waals surface area contributed by atoms with E-state index in [9.17, 15) is 13.2 Å². The maximum atomic E-state index is 12.1. The molecule has 6 nitrogen and oxygen atoms in total. The Kier molecular flexibility index (Phi) is 5.46. The Morgan fingerprint density at radius 3 is 2.65 bits per heavy atom. The monoisotopic (exact) mass is 373 g/mol. The van der Waals surface area contributed by atoms with Crippen molar-refractivity contribution in [2.75, 3.05) is 11.0 Å². The second kappa shape index (κ2) is 7.16. The van der Waals surface area contributed by atoms with Crippen molar-refractivity contribution in [3.63, 3.8) is 0 Å². The predicted octanol–water partition coefficient (Wildman–Crippen LogP) is 2.69. The Labute approximate surface area is 143 Å². The summed E-state index contributed by atoms with van der Waals surface area (Å²) in [4.78, 5) is 16.0. The van der Waals surface area contributed by atoms with Crippen LogP contribution in [0.3, 0.4) is 0 Å². The van der Waals surface area contributed by atoms with Crippen LogP contribution in [0.5, 0.6) is 0 Å². The molecule has 0 unspecified atom stereocenters. The molecule has 23 heavy (non-hydrogen) atoms. The fourth-order valence-electron chi connectivity index (χ4n) is 1.80. The number of hydrogen-bond acceptors (Lipinski definition) is 4. The van der Waals surface area contributed by atoms with Crippen molar-refractivity contribution >= 4 is 44.8 Å². The number of anilines is 1. The SMILES string of the molecule is CS(=O)(=O)Nc1cccc(CNC(=O)c2nc(Cl)ccc2Cl)c1. The van der Waals surface area contributed by atoms with Gasteiger partial charge in [0, 0.05) is 12.2 Å². The summed E-state index contributed by atoms with van der Waals surface area (Å²) in [6, 6.07) is 9.64. The van der Waals surface area contributed by atoms with Crippen LogP contribution in [0.25, 0.3) is 0 Å². The number of benzene rings is 1. The lowest BCUT2D eigenvalue weighted by Crippen LogP contribution is -2.24. The molecule has 0 saturated heterocycles. The highest BCUT2D eigenvalue weighted by Crippen LogP contribution is 2.17. The number of hydrogen-bond donors (Lipinski definition) is 2. The van der Waals surface area contributed by atoms with Crippen LogP contribution in [0.1, 0.15) is 16.1 Å². The third kappa shape index (κ3) is 5.38. The Hall–Kier alpha value is -1.83. The van der Waals surface area contributed by atoms with Crippen molar-refractivity contribution in [3.05, 3.63) is 57.8 Å². The fraction of sp³-hybridized carbons (Fsp3) is 0.143. The number of halogens is 2. The molecule has 0 bridgehead atoms. The van der Waals surface area contributed by atoms with Gasteiger partial charge < -0.3 is 5.32 Å². The highest BCUT2D eigenvalue weighted by atomic mass is 35.5. The van der Waals surface area contributed by atoms with Gasteiger partial charge in [0.25, 0.3) is 5.91 Å². The smallest absolute Gasteiger partial charge is 0.271 e. The van der Waals surface area contributed by atoms with Gasteiger partial charge in [0.2, 0.25) is 10.0 Å². The fourth-order valence-corrected chi connectivity index (χ4v) is 2.70. The van der Waals surface area contributed by atoms with Crippen molar-refractivity contribution in [1.29, 1.82) is 0 Å². The van der Waals surface area contributed by atoms with E-state index in [1.165, 1.54) is 12.1 Å². The van der Waals surface area contributed by atoms with Crippen LogP contribution in [0, 0.1) is 0 Å². The molecule has 0 radical (unpaired) electrons. The second-order valence-corrected chi connectivity index (χ2v) is 7.26. The molecule has 0 saturated carbocycles. The van der Waals surface area contributed by atoms with Crippen LogP contribution in [0.15, 0.2) is 36.4 Å². The van der Waals surface area contributed by atoms with Gasteiger partial charge in [-0.3, -0.25) is 9.52 Å². The normalized spacial score (nSPS) is 11.1. The van der Waals surface area contributed by atoms with Crippen molar-refractivity contribution in [2.24, 2.45) is 0 Å². The predicted molar refractivity (Wildman–Crippen MR) is 90.3 cm³/mol. The first-order valence-corrected chi connectivity index (χ1v) is 9.06. The van der Waals surface area contributed by atoms with E-state index in [0.29, 0.717) is 11.3 Å². The summed E-state index contributed by atoms with van der Waals surface area (Å²) < 4.78 is 24.8. The molecule has 2 N–H and O–H groups in total. The molecular weight excluding hydrogens is 361 g/mol. The van der Waals surface area contributed by atoms with Crippen LogP contribution in [-0.4, -0.2) is 25.6 Å². The summed E-state index contributed by atoms with van der Waals surface area (Å²) >= 11 is 11.7. The third-order valence-corrected chi connectivity index (χ3v) is 3.83. The molecule has 1 heterocycles. The summed E-state index contributed by atoms with van der Waals surface area (Å²) in [7, 11) is -3.36. The van der Waals surface area contributed by atoms with E-state index in [2.05, 4.69) is 15.0 Å². The molecule has 1 amide bonds. The zero-order chi connectivity index (χ0) is 17.0. The first-order chi connectivity index (χ1) is 10.7. The van der Waals surface area contributed by atoms with Crippen molar-refractivity contribution in [1.82, 2.24) is 10.3 Å². The zero-order valence-corrected chi connectivity index (χ0v) is 14.3. The second-order valence-electron chi connectivity index (χ2n) is 4.72. The Bertz CT molecular complexity index is 841. The first-order valence-electron chi connectivity index (χ1n) is 6.41. The molecule has 0 fully saturated rings. The topological polar surface area (TPSA) is 88.2 Å². The van der Waals surface area contributed by atoms with E-state index in [1.807, 2.05) is 0 Å². The van der Waals surface area contributed by atoms with Gasteiger partial charge in [-0.1, -0.05) is 35.3 Å². The molecule has 122 valence electrons. The van der Waals surface area contributed by atoms with Gasteiger partial charge in [0.15, 0.2) is 0 Å². The lowest BCUT2D eigenvalue weighted by molar-refractivity contribution is 0.0946. The largest absolute Gasteiger partial charge is 0.347 e. The number of amides is 1. The molecule has 0 spiro atoms. The van der Waals surface area contributed by atoms with Gasteiger partial charge in [-0.2, -0.15) is 0 Å². The maximum absolute atomic E-state index is 12.1. The average Bonchev–Trinajstić information content (AvgIpc) is 2.46. The summed E-state index contributed by atoms with van der Waals surface area (Å²) in [5, 5.41) is 3.01. The maximum Gasteiger partial charge on any atom is 0.271 e. The zero-order valence-electron chi connectivity index (χ0n) is 12.0. The van der Waals surface area contributed by atoms with E-state index >= 15 is 0 Å². The Morgan fingerprint density at radius 1 is 1.22 bits per heavy atom. The number of aromatic nitrogens is 1. The van der Waals surface area contributed by atoms with Gasteiger partial charge in [-0.05, 0) is 29.8 Å². The third-order valence-electron chi connectivity index (χ3n) is 2.71. The van der Waals surface area contributed by atoms with Crippen LogP contribution < -0.4 is 10.0 Å². The molecule has 2 aromatic rings. The minimum absolute atomic E-state index is 0.0320. The van der Waals surface area contributed by atoms with Crippen molar-refractivity contribution in [2.45, 2.75) is 6.54 Å². The van der Waals surface area contributed by atoms with E-state index in [0.717, 1.165) is 6.26 Å². The molecule has 0 aliphatic heterocycles. The standard InChI is InChI=1S/C14H13Cl2N3O3S/c1-23(21,22)19-10-4-2-3-9(7-10)8-17-14(20)13-11(15)5-6-12(16)18-13/h2-7,19H,8H2,1H3,(H,17,20). The lowest BCUT2D eigenvalue weighted by atomic mass is 10.2. The minimum atomic E-state index is -3.36. The number of sulfonamides is 1. The van der Waals surface area contributed by atoms with E-state index in [-0.39, 0.29) is 22.4 Å². The van der Waals surface area contributed by atoms with E-state index < -0.39 is 15.9 Å². The number of carbonyl (C=O) groups excluding carboxylic acids is 1. The molecular formula is C14H13Cl2N3O3S.